The third-order valence-electron chi connectivity index (χ3n) is 5.36. The number of halogens is 1. The van der Waals surface area contributed by atoms with Crippen LogP contribution in [0.2, 0.25) is 5.02 Å². The summed E-state index contributed by atoms with van der Waals surface area (Å²) in [6.45, 7) is 2.02. The van der Waals surface area contributed by atoms with Crippen LogP contribution in [0.3, 0.4) is 0 Å². The number of nitrogens with zero attached hydrogens (tertiary/aromatic N) is 2. The molecule has 4 rings (SSSR count). The zero-order chi connectivity index (χ0) is 21.1. The fraction of sp³-hybridized carbons (Fsp3) is 0.273. The van der Waals surface area contributed by atoms with Crippen LogP contribution in [0.25, 0.3) is 0 Å². The fourth-order valence-corrected chi connectivity index (χ4v) is 4.03. The van der Waals surface area contributed by atoms with Crippen LogP contribution >= 0.6 is 11.6 Å². The van der Waals surface area contributed by atoms with E-state index in [1.54, 1.807) is 11.1 Å². The van der Waals surface area contributed by atoms with Gasteiger partial charge in [0.05, 0.1) is 22.8 Å². The Hall–Kier alpha value is -3.03. The molecule has 1 aliphatic rings. The maximum absolute atomic E-state index is 13.1. The van der Waals surface area contributed by atoms with Crippen molar-refractivity contribution in [3.8, 4) is 11.5 Å². The number of benzene rings is 2. The largest absolute Gasteiger partial charge is 0.507 e. The number of rotatable bonds is 6. The van der Waals surface area contributed by atoms with Crippen LogP contribution in [0, 0.1) is 0 Å². The van der Waals surface area contributed by atoms with Crippen LogP contribution in [-0.4, -0.2) is 37.8 Å². The number of hydrogen-bond donors (Lipinski definition) is 4. The molecule has 30 heavy (non-hydrogen) atoms. The van der Waals surface area contributed by atoms with Crippen LogP contribution in [0.1, 0.15) is 45.9 Å². The number of nitrogens with one attached hydrogen (secondary N) is 2. The number of amides is 1. The third-order valence-corrected chi connectivity index (χ3v) is 5.66. The molecule has 7 nitrogen and oxygen atoms in total. The van der Waals surface area contributed by atoms with E-state index in [1.165, 1.54) is 6.07 Å². The number of aromatic amines is 1. The number of H-pyrrole nitrogens is 1. The van der Waals surface area contributed by atoms with Gasteiger partial charge in [0, 0.05) is 37.5 Å². The van der Waals surface area contributed by atoms with E-state index in [4.69, 9.17) is 11.6 Å². The average molecular weight is 427 g/mol. The van der Waals surface area contributed by atoms with Crippen LogP contribution in [0.15, 0.2) is 48.8 Å². The summed E-state index contributed by atoms with van der Waals surface area (Å²) in [4.78, 5) is 14.9. The molecule has 0 spiro atoms. The zero-order valence-electron chi connectivity index (χ0n) is 16.3. The number of carbonyl (C=O) groups excluding carboxylic acids is 1. The molecule has 4 N–H and O–H groups in total. The maximum Gasteiger partial charge on any atom is 0.258 e. The van der Waals surface area contributed by atoms with Crippen molar-refractivity contribution in [3.63, 3.8) is 0 Å². The molecule has 0 bridgehead atoms. The van der Waals surface area contributed by atoms with Gasteiger partial charge in [-0.3, -0.25) is 9.89 Å². The average Bonchev–Trinajstić information content (AvgIpc) is 3.42. The summed E-state index contributed by atoms with van der Waals surface area (Å²) in [5, 5.41) is 29.9. The maximum atomic E-state index is 13.1. The monoisotopic (exact) mass is 426 g/mol. The Balaban J connectivity index is 1.49. The predicted octanol–water partition coefficient (Wildman–Crippen LogP) is 3.74. The van der Waals surface area contributed by atoms with Crippen molar-refractivity contribution in [3.05, 3.63) is 76.1 Å². The Bertz CT molecular complexity index is 1040. The highest BCUT2D eigenvalue weighted by Crippen LogP contribution is 2.37. The van der Waals surface area contributed by atoms with E-state index < -0.39 is 0 Å². The molecule has 8 heteroatoms. The molecular weight excluding hydrogens is 404 g/mol. The summed E-state index contributed by atoms with van der Waals surface area (Å²) in [7, 11) is 0. The molecule has 1 fully saturated rings. The van der Waals surface area contributed by atoms with Gasteiger partial charge in [-0.1, -0.05) is 35.9 Å². The van der Waals surface area contributed by atoms with Gasteiger partial charge in [0.25, 0.3) is 5.91 Å². The number of aromatic nitrogens is 2. The SMILES string of the molecule is O=C(c1cc(Cl)c(O)cc1O)N1CCCC1c1cccc(CNCc2cn[nH]c2)c1. The minimum absolute atomic E-state index is 0.0394. The first kappa shape index (κ1) is 20.3. The summed E-state index contributed by atoms with van der Waals surface area (Å²) >= 11 is 5.95. The van der Waals surface area contributed by atoms with Gasteiger partial charge in [-0.2, -0.15) is 5.10 Å². The summed E-state index contributed by atoms with van der Waals surface area (Å²) in [5.74, 6) is -0.815. The number of aromatic hydroxyl groups is 2. The Labute approximate surface area is 179 Å². The van der Waals surface area contributed by atoms with Gasteiger partial charge in [0.15, 0.2) is 0 Å². The quantitative estimate of drug-likeness (QED) is 0.481. The third kappa shape index (κ3) is 4.27. The number of hydrogen-bond acceptors (Lipinski definition) is 5. The van der Waals surface area contributed by atoms with Gasteiger partial charge in [0.2, 0.25) is 0 Å². The van der Waals surface area contributed by atoms with Gasteiger partial charge in [-0.15, -0.1) is 0 Å². The van der Waals surface area contributed by atoms with E-state index in [-0.39, 0.29) is 34.0 Å². The van der Waals surface area contributed by atoms with E-state index in [9.17, 15) is 15.0 Å². The Morgan fingerprint density at radius 3 is 2.83 bits per heavy atom. The van der Waals surface area contributed by atoms with E-state index in [0.29, 0.717) is 13.1 Å². The lowest BCUT2D eigenvalue weighted by Crippen LogP contribution is -2.30. The second-order valence-corrected chi connectivity index (χ2v) is 7.84. The van der Waals surface area contributed by atoms with E-state index >= 15 is 0 Å². The number of likely N-dealkylation sites (tertiary alicyclic amines) is 1. The minimum Gasteiger partial charge on any atom is -0.507 e. The molecule has 3 aromatic rings. The molecule has 2 aromatic carbocycles. The Morgan fingerprint density at radius 1 is 1.20 bits per heavy atom. The van der Waals surface area contributed by atoms with Crippen LogP contribution in [0.5, 0.6) is 11.5 Å². The van der Waals surface area contributed by atoms with E-state index in [2.05, 4.69) is 27.6 Å². The Kier molecular flexibility index (Phi) is 5.92. The number of carbonyl (C=O) groups is 1. The topological polar surface area (TPSA) is 101 Å². The normalized spacial score (nSPS) is 16.2. The summed E-state index contributed by atoms with van der Waals surface area (Å²) < 4.78 is 0. The highest BCUT2D eigenvalue weighted by molar-refractivity contribution is 6.32. The van der Waals surface area contributed by atoms with Gasteiger partial charge in [0.1, 0.15) is 11.5 Å². The van der Waals surface area contributed by atoms with Crippen molar-refractivity contribution >= 4 is 17.5 Å². The minimum atomic E-state index is -0.291. The zero-order valence-corrected chi connectivity index (χ0v) is 17.1. The molecular formula is C22H23ClN4O3. The summed E-state index contributed by atoms with van der Waals surface area (Å²) in [6.07, 6.45) is 5.38. The van der Waals surface area contributed by atoms with Crippen molar-refractivity contribution in [2.45, 2.75) is 32.0 Å². The molecule has 1 amide bonds. The van der Waals surface area contributed by atoms with Crippen LogP contribution in [-0.2, 0) is 13.1 Å². The van der Waals surface area contributed by atoms with Crippen LogP contribution < -0.4 is 5.32 Å². The van der Waals surface area contributed by atoms with Gasteiger partial charge < -0.3 is 20.4 Å². The smallest absolute Gasteiger partial charge is 0.258 e. The molecule has 1 aromatic heterocycles. The summed E-state index contributed by atoms with van der Waals surface area (Å²) in [6, 6.07) is 10.5. The van der Waals surface area contributed by atoms with Crippen molar-refractivity contribution < 1.29 is 15.0 Å². The molecule has 1 atom stereocenters. The van der Waals surface area contributed by atoms with Crippen molar-refractivity contribution in [2.24, 2.45) is 0 Å². The fourth-order valence-electron chi connectivity index (χ4n) is 3.87. The molecule has 0 saturated carbocycles. The van der Waals surface area contributed by atoms with E-state index in [1.807, 2.05) is 18.3 Å². The predicted molar refractivity (Wildman–Crippen MR) is 113 cm³/mol. The van der Waals surface area contributed by atoms with Gasteiger partial charge in [-0.05, 0) is 30.0 Å². The number of phenols is 2. The molecule has 0 radical (unpaired) electrons. The first-order chi connectivity index (χ1) is 14.5. The first-order valence-corrected chi connectivity index (χ1v) is 10.2. The first-order valence-electron chi connectivity index (χ1n) is 9.82. The van der Waals surface area contributed by atoms with E-state index in [0.717, 1.165) is 42.1 Å². The lowest BCUT2D eigenvalue weighted by atomic mass is 10.0. The molecule has 0 aliphatic carbocycles. The van der Waals surface area contributed by atoms with Crippen molar-refractivity contribution in [1.82, 2.24) is 20.4 Å². The standard InChI is InChI=1S/C22H23ClN4O3/c23-18-8-17(20(28)9-21(18)29)22(30)27-6-2-5-19(27)16-4-1-3-14(7-16)10-24-11-15-12-25-26-13-15/h1,3-4,7-9,12-13,19,24,28-29H,2,5-6,10-11H2,(H,25,26). The van der Waals surface area contributed by atoms with Crippen LogP contribution in [0.4, 0.5) is 0 Å². The molecule has 2 heterocycles. The second kappa shape index (κ2) is 8.77. The Morgan fingerprint density at radius 2 is 2.03 bits per heavy atom. The molecule has 1 unspecified atom stereocenters. The van der Waals surface area contributed by atoms with Gasteiger partial charge >= 0.3 is 0 Å². The van der Waals surface area contributed by atoms with Crippen molar-refractivity contribution in [2.75, 3.05) is 6.54 Å². The molecule has 1 saturated heterocycles. The number of phenolic OH excluding ortho intramolecular Hbond substituents is 2. The van der Waals surface area contributed by atoms with Crippen molar-refractivity contribution in [1.29, 1.82) is 0 Å². The van der Waals surface area contributed by atoms with Gasteiger partial charge in [-0.25, -0.2) is 0 Å². The highest BCUT2D eigenvalue weighted by Gasteiger charge is 2.32. The second-order valence-electron chi connectivity index (χ2n) is 7.43. The molecule has 156 valence electrons. The molecule has 1 aliphatic heterocycles. The lowest BCUT2D eigenvalue weighted by Gasteiger charge is -2.26. The lowest BCUT2D eigenvalue weighted by molar-refractivity contribution is 0.0732. The summed E-state index contributed by atoms with van der Waals surface area (Å²) in [5.41, 5.74) is 3.38. The highest BCUT2D eigenvalue weighted by atomic mass is 35.5.